The largest absolute Gasteiger partial charge is 0.345 e. The smallest absolute Gasteiger partial charge is 0.222 e. The zero-order valence-electron chi connectivity index (χ0n) is 10.2. The normalized spacial score (nSPS) is 28.1. The van der Waals surface area contributed by atoms with Gasteiger partial charge in [-0.3, -0.25) is 4.79 Å². The molecular formula is C14H17NO2. The van der Waals surface area contributed by atoms with E-state index in [1.54, 1.807) is 17.9 Å². The third kappa shape index (κ3) is 2.11. The number of carbonyl (C=O) groups excluding carboxylic acids is 1. The van der Waals surface area contributed by atoms with Crippen LogP contribution >= 0.6 is 0 Å². The quantitative estimate of drug-likeness (QED) is 0.732. The molecule has 1 saturated heterocycles. The van der Waals surface area contributed by atoms with Crippen LogP contribution in [0.2, 0.25) is 0 Å². The molecule has 0 spiro atoms. The molecule has 0 aromatic heterocycles. The molecule has 1 aromatic rings. The van der Waals surface area contributed by atoms with E-state index in [1.165, 1.54) is 0 Å². The number of amides is 1. The zero-order valence-corrected chi connectivity index (χ0v) is 10.2. The van der Waals surface area contributed by atoms with E-state index in [0.29, 0.717) is 0 Å². The lowest BCUT2D eigenvalue weighted by molar-refractivity contribution is -0.133. The highest BCUT2D eigenvalue weighted by Gasteiger charge is 2.40. The Labute approximate surface area is 102 Å². The Kier molecular flexibility index (Phi) is 3.29. The van der Waals surface area contributed by atoms with E-state index >= 15 is 0 Å². The summed E-state index contributed by atoms with van der Waals surface area (Å²) in [5.74, 6) is 0.0147. The third-order valence-corrected chi connectivity index (χ3v) is 3.13. The van der Waals surface area contributed by atoms with Gasteiger partial charge in [0.25, 0.3) is 0 Å². The SMILES string of the molecule is C=C[C@@H]1O[C@H](c2ccccc2)[C@H](C)N1C(C)=O. The number of ether oxygens (including phenoxy) is 1. The Hall–Kier alpha value is -1.61. The number of rotatable bonds is 2. The van der Waals surface area contributed by atoms with Gasteiger partial charge in [0.15, 0.2) is 6.23 Å². The van der Waals surface area contributed by atoms with E-state index in [2.05, 4.69) is 6.58 Å². The van der Waals surface area contributed by atoms with E-state index in [1.807, 2.05) is 37.3 Å². The summed E-state index contributed by atoms with van der Waals surface area (Å²) in [5.41, 5.74) is 1.09. The minimum Gasteiger partial charge on any atom is -0.345 e. The van der Waals surface area contributed by atoms with Crippen LogP contribution in [0.5, 0.6) is 0 Å². The minimum atomic E-state index is -0.326. The first-order valence-electron chi connectivity index (χ1n) is 5.77. The maximum absolute atomic E-state index is 11.6. The number of hydrogen-bond donors (Lipinski definition) is 0. The van der Waals surface area contributed by atoms with Crippen LogP contribution in [0.15, 0.2) is 43.0 Å². The highest BCUT2D eigenvalue weighted by molar-refractivity contribution is 5.74. The van der Waals surface area contributed by atoms with Crippen molar-refractivity contribution in [3.05, 3.63) is 48.6 Å². The van der Waals surface area contributed by atoms with Gasteiger partial charge in [-0.05, 0) is 18.6 Å². The van der Waals surface area contributed by atoms with Gasteiger partial charge in [-0.15, -0.1) is 0 Å². The Morgan fingerprint density at radius 2 is 2.06 bits per heavy atom. The molecule has 1 fully saturated rings. The van der Waals surface area contributed by atoms with Gasteiger partial charge in [-0.2, -0.15) is 0 Å². The molecule has 1 aromatic carbocycles. The monoisotopic (exact) mass is 231 g/mol. The summed E-state index contributed by atoms with van der Waals surface area (Å²) in [6.45, 7) is 7.28. The molecule has 3 heteroatoms. The van der Waals surface area contributed by atoms with Crippen LogP contribution in [-0.2, 0) is 9.53 Å². The lowest BCUT2D eigenvalue weighted by Gasteiger charge is -2.23. The minimum absolute atomic E-state index is 0.0147. The summed E-state index contributed by atoms with van der Waals surface area (Å²) < 4.78 is 5.87. The van der Waals surface area contributed by atoms with E-state index in [-0.39, 0.29) is 24.3 Å². The maximum Gasteiger partial charge on any atom is 0.222 e. The van der Waals surface area contributed by atoms with Crippen molar-refractivity contribution in [1.29, 1.82) is 0 Å². The average molecular weight is 231 g/mol. The molecule has 0 saturated carbocycles. The molecule has 3 atom stereocenters. The van der Waals surface area contributed by atoms with Gasteiger partial charge in [0.05, 0.1) is 6.04 Å². The van der Waals surface area contributed by atoms with Gasteiger partial charge >= 0.3 is 0 Å². The van der Waals surface area contributed by atoms with Crippen molar-refractivity contribution >= 4 is 5.91 Å². The van der Waals surface area contributed by atoms with Crippen LogP contribution in [-0.4, -0.2) is 23.1 Å². The highest BCUT2D eigenvalue weighted by atomic mass is 16.5. The molecule has 0 N–H and O–H groups in total. The van der Waals surface area contributed by atoms with Gasteiger partial charge in [0.1, 0.15) is 6.10 Å². The summed E-state index contributed by atoms with van der Waals surface area (Å²) in [5, 5.41) is 0. The summed E-state index contributed by atoms with van der Waals surface area (Å²) in [4.78, 5) is 13.3. The van der Waals surface area contributed by atoms with Crippen molar-refractivity contribution < 1.29 is 9.53 Å². The van der Waals surface area contributed by atoms with E-state index in [9.17, 15) is 4.79 Å². The lowest BCUT2D eigenvalue weighted by Crippen LogP contribution is -2.38. The average Bonchev–Trinajstić information content (AvgIpc) is 2.67. The molecule has 3 nitrogen and oxygen atoms in total. The molecule has 0 radical (unpaired) electrons. The fraction of sp³-hybridized carbons (Fsp3) is 0.357. The lowest BCUT2D eigenvalue weighted by atomic mass is 10.0. The van der Waals surface area contributed by atoms with Gasteiger partial charge in [0.2, 0.25) is 5.91 Å². The summed E-state index contributed by atoms with van der Waals surface area (Å²) in [7, 11) is 0. The van der Waals surface area contributed by atoms with Crippen molar-refractivity contribution in [1.82, 2.24) is 4.90 Å². The topological polar surface area (TPSA) is 29.5 Å². The molecule has 0 unspecified atom stereocenters. The molecule has 1 aliphatic heterocycles. The molecule has 90 valence electrons. The van der Waals surface area contributed by atoms with Crippen molar-refractivity contribution in [3.63, 3.8) is 0 Å². The molecular weight excluding hydrogens is 214 g/mol. The Morgan fingerprint density at radius 1 is 1.41 bits per heavy atom. The van der Waals surface area contributed by atoms with Crippen molar-refractivity contribution in [3.8, 4) is 0 Å². The van der Waals surface area contributed by atoms with Gasteiger partial charge < -0.3 is 9.64 Å². The first-order valence-corrected chi connectivity index (χ1v) is 5.77. The Bertz CT molecular complexity index is 415. The molecule has 0 aliphatic carbocycles. The molecule has 1 aliphatic rings. The maximum atomic E-state index is 11.6. The molecule has 17 heavy (non-hydrogen) atoms. The Morgan fingerprint density at radius 3 is 2.53 bits per heavy atom. The Balaban J connectivity index is 2.28. The second-order valence-corrected chi connectivity index (χ2v) is 4.26. The second-order valence-electron chi connectivity index (χ2n) is 4.26. The standard InChI is InChI=1S/C14H17NO2/c1-4-13-15(11(3)16)10(2)14(17-13)12-8-6-5-7-9-12/h4-10,13-14H,1H2,2-3H3/t10-,13-,14-/m0/s1. The fourth-order valence-corrected chi connectivity index (χ4v) is 2.34. The second kappa shape index (κ2) is 4.72. The molecule has 2 rings (SSSR count). The first kappa shape index (κ1) is 11.9. The van der Waals surface area contributed by atoms with Crippen LogP contribution in [0.1, 0.15) is 25.5 Å². The van der Waals surface area contributed by atoms with E-state index in [0.717, 1.165) is 5.56 Å². The third-order valence-electron chi connectivity index (χ3n) is 3.13. The van der Waals surface area contributed by atoms with Crippen LogP contribution in [0.25, 0.3) is 0 Å². The summed E-state index contributed by atoms with van der Waals surface area (Å²) in [6, 6.07) is 9.99. The number of carbonyl (C=O) groups is 1. The van der Waals surface area contributed by atoms with Crippen molar-refractivity contribution in [2.45, 2.75) is 32.2 Å². The van der Waals surface area contributed by atoms with Crippen LogP contribution in [0, 0.1) is 0 Å². The van der Waals surface area contributed by atoms with Crippen LogP contribution in [0.3, 0.4) is 0 Å². The van der Waals surface area contributed by atoms with Crippen molar-refractivity contribution in [2.75, 3.05) is 0 Å². The summed E-state index contributed by atoms with van der Waals surface area (Å²) >= 11 is 0. The van der Waals surface area contributed by atoms with E-state index < -0.39 is 0 Å². The predicted octanol–water partition coefficient (Wildman–Crippen LogP) is 2.51. The van der Waals surface area contributed by atoms with E-state index in [4.69, 9.17) is 4.74 Å². The van der Waals surface area contributed by atoms with Gasteiger partial charge in [-0.25, -0.2) is 0 Å². The number of benzene rings is 1. The van der Waals surface area contributed by atoms with Crippen LogP contribution in [0.4, 0.5) is 0 Å². The zero-order chi connectivity index (χ0) is 12.4. The number of nitrogens with zero attached hydrogens (tertiary/aromatic N) is 1. The van der Waals surface area contributed by atoms with Crippen molar-refractivity contribution in [2.24, 2.45) is 0 Å². The van der Waals surface area contributed by atoms with Crippen LogP contribution < -0.4 is 0 Å². The summed E-state index contributed by atoms with van der Waals surface area (Å²) in [6.07, 6.45) is 1.26. The first-order chi connectivity index (χ1) is 8.15. The fourth-order valence-electron chi connectivity index (χ4n) is 2.34. The molecule has 1 amide bonds. The molecule has 1 heterocycles. The molecule has 0 bridgehead atoms. The number of hydrogen-bond acceptors (Lipinski definition) is 2. The van der Waals surface area contributed by atoms with Gasteiger partial charge in [-0.1, -0.05) is 36.9 Å². The van der Waals surface area contributed by atoms with Gasteiger partial charge in [0, 0.05) is 6.92 Å². The highest BCUT2D eigenvalue weighted by Crippen LogP contribution is 2.34. The predicted molar refractivity (Wildman–Crippen MR) is 66.2 cm³/mol.